The topological polar surface area (TPSA) is 39.7 Å². The van der Waals surface area contributed by atoms with Gasteiger partial charge < -0.3 is 15.5 Å². The van der Waals surface area contributed by atoms with Crippen molar-refractivity contribution < 1.29 is 0 Å². The number of nitrogens with one attached hydrogen (secondary N) is 2. The van der Waals surface area contributed by atoms with Gasteiger partial charge in [0.25, 0.3) is 0 Å². The smallest absolute Gasteiger partial charge is 0.191 e. The highest BCUT2D eigenvalue weighted by atomic mass is 127. The average Bonchev–Trinajstić information content (AvgIpc) is 3.21. The van der Waals surface area contributed by atoms with Gasteiger partial charge in [0.1, 0.15) is 0 Å². The van der Waals surface area contributed by atoms with Crippen molar-refractivity contribution >= 4 is 29.9 Å². The maximum absolute atomic E-state index is 4.63. The Bertz CT molecular complexity index is 260. The molecule has 112 valence electrons. The molecule has 2 fully saturated rings. The van der Waals surface area contributed by atoms with Gasteiger partial charge in [-0.3, -0.25) is 4.99 Å². The highest BCUT2D eigenvalue weighted by Crippen LogP contribution is 2.28. The second-order valence-electron chi connectivity index (χ2n) is 5.49. The predicted octanol–water partition coefficient (Wildman–Crippen LogP) is 2.06. The van der Waals surface area contributed by atoms with E-state index in [1.807, 2.05) is 0 Å². The standard InChI is InChI=1S/C14H28N4.HI/c1-2-15-14(17-12-13-6-7-13)16-8-11-18-9-4-3-5-10-18;/h13H,2-12H2,1H3,(H2,15,16,17);1H. The Morgan fingerprint density at radius 1 is 1.16 bits per heavy atom. The van der Waals surface area contributed by atoms with E-state index in [1.165, 1.54) is 45.2 Å². The van der Waals surface area contributed by atoms with Gasteiger partial charge in [-0.1, -0.05) is 6.42 Å². The Hall–Kier alpha value is -0.0400. The van der Waals surface area contributed by atoms with Crippen LogP contribution >= 0.6 is 24.0 Å². The lowest BCUT2D eigenvalue weighted by Crippen LogP contribution is -2.42. The molecule has 0 aromatic rings. The lowest BCUT2D eigenvalue weighted by molar-refractivity contribution is 0.232. The van der Waals surface area contributed by atoms with E-state index in [4.69, 9.17) is 0 Å². The van der Waals surface area contributed by atoms with Crippen molar-refractivity contribution in [2.45, 2.75) is 39.0 Å². The van der Waals surface area contributed by atoms with Crippen molar-refractivity contribution in [2.24, 2.45) is 10.9 Å². The first-order valence-corrected chi connectivity index (χ1v) is 7.63. The molecule has 2 N–H and O–H groups in total. The molecular formula is C14H29IN4. The quantitative estimate of drug-likeness (QED) is 0.421. The summed E-state index contributed by atoms with van der Waals surface area (Å²) in [6.07, 6.45) is 6.90. The molecular weight excluding hydrogens is 351 g/mol. The van der Waals surface area contributed by atoms with Crippen LogP contribution in [0, 0.1) is 5.92 Å². The molecule has 5 heteroatoms. The van der Waals surface area contributed by atoms with Crippen molar-refractivity contribution in [1.29, 1.82) is 0 Å². The molecule has 0 unspecified atom stereocenters. The highest BCUT2D eigenvalue weighted by molar-refractivity contribution is 14.0. The van der Waals surface area contributed by atoms with Crippen molar-refractivity contribution in [3.63, 3.8) is 0 Å². The van der Waals surface area contributed by atoms with Gasteiger partial charge in [-0.05, 0) is 51.6 Å². The molecule has 0 atom stereocenters. The Kier molecular flexibility index (Phi) is 8.77. The molecule has 4 nitrogen and oxygen atoms in total. The van der Waals surface area contributed by atoms with Crippen LogP contribution in [0.25, 0.3) is 0 Å². The summed E-state index contributed by atoms with van der Waals surface area (Å²) in [5.74, 6) is 1.86. The molecule has 1 aliphatic carbocycles. The van der Waals surface area contributed by atoms with E-state index >= 15 is 0 Å². The fourth-order valence-corrected chi connectivity index (χ4v) is 2.38. The molecule has 0 radical (unpaired) electrons. The summed E-state index contributed by atoms with van der Waals surface area (Å²) in [5, 5.41) is 6.77. The molecule has 1 heterocycles. The Labute approximate surface area is 134 Å². The molecule has 2 aliphatic rings. The minimum Gasteiger partial charge on any atom is -0.357 e. The Balaban J connectivity index is 0.00000180. The van der Waals surface area contributed by atoms with Crippen LogP contribution in [-0.4, -0.2) is 50.1 Å². The summed E-state index contributed by atoms with van der Waals surface area (Å²) < 4.78 is 0. The number of aliphatic imine (C=N–C) groups is 1. The third-order valence-corrected chi connectivity index (χ3v) is 3.72. The van der Waals surface area contributed by atoms with Crippen LogP contribution in [0.1, 0.15) is 39.0 Å². The van der Waals surface area contributed by atoms with Crippen molar-refractivity contribution in [2.75, 3.05) is 39.3 Å². The molecule has 1 saturated carbocycles. The Morgan fingerprint density at radius 2 is 1.89 bits per heavy atom. The van der Waals surface area contributed by atoms with E-state index in [0.29, 0.717) is 0 Å². The minimum absolute atomic E-state index is 0. The van der Waals surface area contributed by atoms with Crippen LogP contribution in [-0.2, 0) is 0 Å². The second kappa shape index (κ2) is 9.80. The first-order valence-electron chi connectivity index (χ1n) is 7.63. The van der Waals surface area contributed by atoms with Gasteiger partial charge in [-0.2, -0.15) is 0 Å². The fraction of sp³-hybridized carbons (Fsp3) is 0.929. The van der Waals surface area contributed by atoms with E-state index in [0.717, 1.165) is 38.1 Å². The van der Waals surface area contributed by atoms with Crippen LogP contribution in [0.15, 0.2) is 4.99 Å². The lowest BCUT2D eigenvalue weighted by Gasteiger charge is -2.26. The number of hydrogen-bond acceptors (Lipinski definition) is 2. The van der Waals surface area contributed by atoms with E-state index in [1.54, 1.807) is 0 Å². The monoisotopic (exact) mass is 380 g/mol. The van der Waals surface area contributed by atoms with E-state index in [9.17, 15) is 0 Å². The third kappa shape index (κ3) is 7.34. The van der Waals surface area contributed by atoms with Crippen molar-refractivity contribution in [1.82, 2.24) is 15.5 Å². The van der Waals surface area contributed by atoms with Gasteiger partial charge >= 0.3 is 0 Å². The van der Waals surface area contributed by atoms with Gasteiger partial charge in [0, 0.05) is 26.2 Å². The van der Waals surface area contributed by atoms with Crippen LogP contribution in [0.4, 0.5) is 0 Å². The SMILES string of the molecule is CCNC(=NCC1CC1)NCCN1CCCCC1.I. The Morgan fingerprint density at radius 3 is 2.53 bits per heavy atom. The zero-order valence-electron chi connectivity index (χ0n) is 12.2. The van der Waals surface area contributed by atoms with E-state index in [-0.39, 0.29) is 24.0 Å². The fourth-order valence-electron chi connectivity index (χ4n) is 2.38. The van der Waals surface area contributed by atoms with Crippen molar-refractivity contribution in [3.05, 3.63) is 0 Å². The number of halogens is 1. The van der Waals surface area contributed by atoms with Gasteiger partial charge in [-0.15, -0.1) is 24.0 Å². The number of rotatable bonds is 6. The number of hydrogen-bond donors (Lipinski definition) is 2. The van der Waals surface area contributed by atoms with Crippen LogP contribution < -0.4 is 10.6 Å². The normalized spacial score (nSPS) is 20.8. The van der Waals surface area contributed by atoms with Crippen LogP contribution in [0.5, 0.6) is 0 Å². The molecule has 0 spiro atoms. The second-order valence-corrected chi connectivity index (χ2v) is 5.49. The molecule has 1 saturated heterocycles. The third-order valence-electron chi connectivity index (χ3n) is 3.72. The van der Waals surface area contributed by atoms with E-state index < -0.39 is 0 Å². The summed E-state index contributed by atoms with van der Waals surface area (Å²) in [5.41, 5.74) is 0. The van der Waals surface area contributed by atoms with Crippen molar-refractivity contribution in [3.8, 4) is 0 Å². The first kappa shape index (κ1) is 17.0. The number of nitrogens with zero attached hydrogens (tertiary/aromatic N) is 2. The van der Waals surface area contributed by atoms with E-state index in [2.05, 4.69) is 27.4 Å². The maximum Gasteiger partial charge on any atom is 0.191 e. The zero-order valence-corrected chi connectivity index (χ0v) is 14.5. The number of guanidine groups is 1. The summed E-state index contributed by atoms with van der Waals surface area (Å²) >= 11 is 0. The van der Waals surface area contributed by atoms with Gasteiger partial charge in [0.15, 0.2) is 5.96 Å². The minimum atomic E-state index is 0. The lowest BCUT2D eigenvalue weighted by atomic mass is 10.1. The van der Waals surface area contributed by atoms with Gasteiger partial charge in [-0.25, -0.2) is 0 Å². The number of piperidine rings is 1. The molecule has 0 bridgehead atoms. The molecule has 0 aromatic heterocycles. The summed E-state index contributed by atoms with van der Waals surface area (Å²) in [4.78, 5) is 7.19. The summed E-state index contributed by atoms with van der Waals surface area (Å²) in [6, 6.07) is 0. The summed E-state index contributed by atoms with van der Waals surface area (Å²) in [6.45, 7) is 8.78. The molecule has 0 amide bonds. The average molecular weight is 380 g/mol. The molecule has 1 aliphatic heterocycles. The molecule has 19 heavy (non-hydrogen) atoms. The van der Waals surface area contributed by atoms with Gasteiger partial charge in [0.05, 0.1) is 0 Å². The van der Waals surface area contributed by atoms with Crippen LogP contribution in [0.2, 0.25) is 0 Å². The summed E-state index contributed by atoms with van der Waals surface area (Å²) in [7, 11) is 0. The largest absolute Gasteiger partial charge is 0.357 e. The number of likely N-dealkylation sites (tertiary alicyclic amines) is 1. The maximum atomic E-state index is 4.63. The van der Waals surface area contributed by atoms with Crippen LogP contribution in [0.3, 0.4) is 0 Å². The van der Waals surface area contributed by atoms with Gasteiger partial charge in [0.2, 0.25) is 0 Å². The first-order chi connectivity index (χ1) is 8.88. The zero-order chi connectivity index (χ0) is 12.6. The molecule has 0 aromatic carbocycles. The molecule has 2 rings (SSSR count). The predicted molar refractivity (Wildman–Crippen MR) is 92.4 cm³/mol. The highest BCUT2D eigenvalue weighted by Gasteiger charge is 2.20.